The minimum absolute atomic E-state index is 0.0975. The summed E-state index contributed by atoms with van der Waals surface area (Å²) in [4.78, 5) is 11.9. The zero-order valence-electron chi connectivity index (χ0n) is 11.1. The van der Waals surface area contributed by atoms with Crippen LogP contribution in [-0.4, -0.2) is 16.3 Å². The number of aliphatic hydroxyl groups excluding tert-OH is 1. The van der Waals surface area contributed by atoms with Gasteiger partial charge in [-0.25, -0.2) is 4.39 Å². The number of aliphatic hydroxyl groups is 1. The Hall–Kier alpha value is -2.38. The van der Waals surface area contributed by atoms with E-state index in [9.17, 15) is 9.18 Å². The predicted octanol–water partition coefficient (Wildman–Crippen LogP) is 1.69. The monoisotopic (exact) mass is 271 g/mol. The highest BCUT2D eigenvalue weighted by Crippen LogP contribution is 2.09. The summed E-state index contributed by atoms with van der Waals surface area (Å²) in [6.07, 6.45) is 1.67. The molecule has 0 aliphatic carbocycles. The normalized spacial score (nSPS) is 9.95. The number of pyridine rings is 1. The summed E-state index contributed by atoms with van der Waals surface area (Å²) in [6.45, 7) is 1.75. The van der Waals surface area contributed by atoms with E-state index < -0.39 is 5.82 Å². The molecule has 1 aromatic carbocycles. The van der Waals surface area contributed by atoms with Crippen LogP contribution >= 0.6 is 0 Å². The molecule has 0 saturated heterocycles. The molecule has 0 aliphatic rings. The van der Waals surface area contributed by atoms with Crippen molar-refractivity contribution in [2.24, 2.45) is 0 Å². The van der Waals surface area contributed by atoms with Crippen LogP contribution in [0, 0.1) is 24.6 Å². The standard InChI is InChI=1S/C16H14FNO2/c1-12-4-2-6-18(16(12)20)11-14-8-13(5-3-7-19)9-15(17)10-14/h2,4,6,8-10,19H,7,11H2,1H3. The van der Waals surface area contributed by atoms with Gasteiger partial charge in [0.2, 0.25) is 0 Å². The fraction of sp³-hybridized carbons (Fsp3) is 0.188. The van der Waals surface area contributed by atoms with Crippen molar-refractivity contribution in [3.05, 3.63) is 69.4 Å². The number of hydrogen-bond acceptors (Lipinski definition) is 2. The first kappa shape index (κ1) is 14.0. The van der Waals surface area contributed by atoms with Gasteiger partial charge in [-0.15, -0.1) is 0 Å². The number of hydrogen-bond donors (Lipinski definition) is 1. The lowest BCUT2D eigenvalue weighted by Crippen LogP contribution is -2.21. The van der Waals surface area contributed by atoms with E-state index in [1.807, 2.05) is 0 Å². The Balaban J connectivity index is 2.36. The van der Waals surface area contributed by atoms with E-state index in [2.05, 4.69) is 11.8 Å². The summed E-state index contributed by atoms with van der Waals surface area (Å²) in [5.41, 5.74) is 1.68. The molecule has 20 heavy (non-hydrogen) atoms. The molecule has 0 radical (unpaired) electrons. The largest absolute Gasteiger partial charge is 0.384 e. The lowest BCUT2D eigenvalue weighted by Gasteiger charge is -2.07. The van der Waals surface area contributed by atoms with Crippen molar-refractivity contribution >= 4 is 0 Å². The van der Waals surface area contributed by atoms with Crippen molar-refractivity contribution < 1.29 is 9.50 Å². The SMILES string of the molecule is Cc1cccn(Cc2cc(F)cc(C#CCO)c2)c1=O. The van der Waals surface area contributed by atoms with Gasteiger partial charge in [0.05, 0.1) is 6.54 Å². The van der Waals surface area contributed by atoms with E-state index >= 15 is 0 Å². The van der Waals surface area contributed by atoms with Crippen LogP contribution in [0.3, 0.4) is 0 Å². The van der Waals surface area contributed by atoms with Crippen LogP contribution in [0.1, 0.15) is 16.7 Å². The molecule has 0 atom stereocenters. The number of rotatable bonds is 2. The molecule has 0 spiro atoms. The Morgan fingerprint density at radius 2 is 2.15 bits per heavy atom. The van der Waals surface area contributed by atoms with Gasteiger partial charge in [-0.1, -0.05) is 17.9 Å². The maximum absolute atomic E-state index is 13.5. The van der Waals surface area contributed by atoms with E-state index in [1.54, 1.807) is 31.3 Å². The van der Waals surface area contributed by atoms with Crippen molar-refractivity contribution in [1.82, 2.24) is 4.57 Å². The average molecular weight is 271 g/mol. The first-order chi connectivity index (χ1) is 9.60. The number of nitrogens with zero attached hydrogens (tertiary/aromatic N) is 1. The molecule has 4 heteroatoms. The molecule has 102 valence electrons. The van der Waals surface area contributed by atoms with E-state index in [0.29, 0.717) is 16.7 Å². The molecule has 0 fully saturated rings. The number of aromatic nitrogens is 1. The molecule has 1 aromatic heterocycles. The highest BCUT2D eigenvalue weighted by atomic mass is 19.1. The fourth-order valence-corrected chi connectivity index (χ4v) is 1.93. The van der Waals surface area contributed by atoms with Crippen molar-refractivity contribution in [3.8, 4) is 11.8 Å². The second-order valence-corrected chi connectivity index (χ2v) is 4.43. The molecule has 0 saturated carbocycles. The second kappa shape index (κ2) is 6.18. The van der Waals surface area contributed by atoms with Crippen molar-refractivity contribution in [2.45, 2.75) is 13.5 Å². The van der Waals surface area contributed by atoms with Gasteiger partial charge >= 0.3 is 0 Å². The Morgan fingerprint density at radius 1 is 1.35 bits per heavy atom. The highest BCUT2D eigenvalue weighted by molar-refractivity contribution is 5.38. The number of benzene rings is 1. The van der Waals surface area contributed by atoms with Gasteiger partial charge in [-0.05, 0) is 36.8 Å². The highest BCUT2D eigenvalue weighted by Gasteiger charge is 2.03. The summed E-state index contributed by atoms with van der Waals surface area (Å²) in [5, 5.41) is 8.66. The second-order valence-electron chi connectivity index (χ2n) is 4.43. The zero-order valence-corrected chi connectivity index (χ0v) is 11.1. The molecule has 3 nitrogen and oxygen atoms in total. The molecule has 0 amide bonds. The van der Waals surface area contributed by atoms with Gasteiger partial charge in [0.15, 0.2) is 0 Å². The first-order valence-electron chi connectivity index (χ1n) is 6.15. The topological polar surface area (TPSA) is 42.2 Å². The predicted molar refractivity (Wildman–Crippen MR) is 74.9 cm³/mol. The minimum Gasteiger partial charge on any atom is -0.384 e. The quantitative estimate of drug-likeness (QED) is 0.845. The van der Waals surface area contributed by atoms with Crippen LogP contribution < -0.4 is 5.56 Å². The average Bonchev–Trinajstić information content (AvgIpc) is 2.41. The Kier molecular flexibility index (Phi) is 4.34. The molecular weight excluding hydrogens is 257 g/mol. The Labute approximate surface area is 116 Å². The van der Waals surface area contributed by atoms with Crippen LogP contribution in [0.5, 0.6) is 0 Å². The van der Waals surface area contributed by atoms with Gasteiger partial charge in [-0.3, -0.25) is 4.79 Å². The van der Waals surface area contributed by atoms with Gasteiger partial charge in [0, 0.05) is 17.3 Å². The fourth-order valence-electron chi connectivity index (χ4n) is 1.93. The first-order valence-corrected chi connectivity index (χ1v) is 6.15. The third-order valence-electron chi connectivity index (χ3n) is 2.83. The summed E-state index contributed by atoms with van der Waals surface area (Å²) in [6, 6.07) is 7.90. The van der Waals surface area contributed by atoms with Crippen LogP contribution in [0.15, 0.2) is 41.3 Å². The molecule has 2 aromatic rings. The minimum atomic E-state index is -0.412. The Morgan fingerprint density at radius 3 is 2.90 bits per heavy atom. The summed E-state index contributed by atoms with van der Waals surface area (Å²) in [7, 11) is 0. The van der Waals surface area contributed by atoms with Crippen LogP contribution in [0.4, 0.5) is 4.39 Å². The van der Waals surface area contributed by atoms with Crippen LogP contribution in [0.25, 0.3) is 0 Å². The number of aryl methyl sites for hydroxylation is 1. The third kappa shape index (κ3) is 3.34. The van der Waals surface area contributed by atoms with E-state index in [1.165, 1.54) is 16.7 Å². The molecule has 1 N–H and O–H groups in total. The molecule has 0 aliphatic heterocycles. The lowest BCUT2D eigenvalue weighted by atomic mass is 10.1. The van der Waals surface area contributed by atoms with Crippen molar-refractivity contribution in [1.29, 1.82) is 0 Å². The van der Waals surface area contributed by atoms with Crippen molar-refractivity contribution in [2.75, 3.05) is 6.61 Å². The molecule has 2 rings (SSSR count). The van der Waals surface area contributed by atoms with Gasteiger partial charge in [0.25, 0.3) is 5.56 Å². The van der Waals surface area contributed by atoms with E-state index in [0.717, 1.165) is 0 Å². The number of halogens is 1. The van der Waals surface area contributed by atoms with E-state index in [4.69, 9.17) is 5.11 Å². The molecule has 0 bridgehead atoms. The molecule has 1 heterocycles. The summed E-state index contributed by atoms with van der Waals surface area (Å²) < 4.78 is 15.0. The Bertz CT molecular complexity index is 738. The lowest BCUT2D eigenvalue weighted by molar-refractivity contribution is 0.350. The summed E-state index contributed by atoms with van der Waals surface area (Å²) >= 11 is 0. The van der Waals surface area contributed by atoms with E-state index in [-0.39, 0.29) is 18.7 Å². The maximum atomic E-state index is 13.5. The molecular formula is C16H14FNO2. The zero-order chi connectivity index (χ0) is 14.5. The smallest absolute Gasteiger partial charge is 0.253 e. The van der Waals surface area contributed by atoms with Crippen LogP contribution in [0.2, 0.25) is 0 Å². The van der Waals surface area contributed by atoms with Crippen molar-refractivity contribution in [3.63, 3.8) is 0 Å². The van der Waals surface area contributed by atoms with Gasteiger partial charge in [0.1, 0.15) is 12.4 Å². The maximum Gasteiger partial charge on any atom is 0.253 e. The molecule has 0 unspecified atom stereocenters. The van der Waals surface area contributed by atoms with Crippen LogP contribution in [-0.2, 0) is 6.54 Å². The summed E-state index contributed by atoms with van der Waals surface area (Å²) in [5.74, 6) is 4.72. The van der Waals surface area contributed by atoms with Gasteiger partial charge in [-0.2, -0.15) is 0 Å². The third-order valence-corrected chi connectivity index (χ3v) is 2.83. The van der Waals surface area contributed by atoms with Gasteiger partial charge < -0.3 is 9.67 Å².